The van der Waals surface area contributed by atoms with Gasteiger partial charge in [0.2, 0.25) is 0 Å². The summed E-state index contributed by atoms with van der Waals surface area (Å²) in [6.45, 7) is 3.92. The predicted octanol–water partition coefficient (Wildman–Crippen LogP) is 3.96. The summed E-state index contributed by atoms with van der Waals surface area (Å²) < 4.78 is 5.54. The lowest BCUT2D eigenvalue weighted by Gasteiger charge is -2.11. The number of nitrogens with one attached hydrogen (secondary N) is 1. The molecule has 0 aromatic heterocycles. The normalized spacial score (nSPS) is 10.5. The third-order valence-corrected chi connectivity index (χ3v) is 3.09. The molecule has 0 saturated heterocycles. The highest BCUT2D eigenvalue weighted by Crippen LogP contribution is 2.21. The van der Waals surface area contributed by atoms with Crippen molar-refractivity contribution in [2.45, 2.75) is 20.0 Å². The van der Waals surface area contributed by atoms with E-state index in [2.05, 4.69) is 5.32 Å². The van der Waals surface area contributed by atoms with Gasteiger partial charge in [-0.25, -0.2) is 0 Å². The number of carbonyl (C=O) groups is 1. The molecule has 21 heavy (non-hydrogen) atoms. The zero-order chi connectivity index (χ0) is 15.4. The average molecular weight is 305 g/mol. The third-order valence-electron chi connectivity index (χ3n) is 2.74. The predicted molar refractivity (Wildman–Crippen MR) is 86.0 cm³/mol. The van der Waals surface area contributed by atoms with Gasteiger partial charge in [-0.1, -0.05) is 11.6 Å². The van der Waals surface area contributed by atoms with Crippen molar-refractivity contribution in [1.82, 2.24) is 0 Å². The molecule has 110 valence electrons. The smallest absolute Gasteiger partial charge is 0.255 e. The van der Waals surface area contributed by atoms with Crippen LogP contribution in [0.1, 0.15) is 24.2 Å². The van der Waals surface area contributed by atoms with Gasteiger partial charge in [0.15, 0.2) is 0 Å². The maximum Gasteiger partial charge on any atom is 0.255 e. The van der Waals surface area contributed by atoms with E-state index in [0.29, 0.717) is 22.0 Å². The molecular formula is C16H17ClN2O2. The number of rotatable bonds is 4. The standard InChI is InChI=1S/C16H17ClN2O2/c1-10(2)21-13-6-4-12(5-7-13)19-16(20)11-3-8-14(17)15(18)9-11/h3-10H,18H2,1-2H3,(H,19,20). The van der Waals surface area contributed by atoms with Crippen molar-refractivity contribution in [3.63, 3.8) is 0 Å². The molecule has 0 atom stereocenters. The van der Waals surface area contributed by atoms with Crippen LogP contribution in [-0.4, -0.2) is 12.0 Å². The number of carbonyl (C=O) groups excluding carboxylic acids is 1. The van der Waals surface area contributed by atoms with Crippen molar-refractivity contribution < 1.29 is 9.53 Å². The Kier molecular flexibility index (Phi) is 4.70. The van der Waals surface area contributed by atoms with E-state index in [-0.39, 0.29) is 12.0 Å². The lowest BCUT2D eigenvalue weighted by Crippen LogP contribution is -2.12. The zero-order valence-electron chi connectivity index (χ0n) is 11.9. The molecule has 0 spiro atoms. The fourth-order valence-corrected chi connectivity index (χ4v) is 1.89. The fraction of sp³-hybridized carbons (Fsp3) is 0.188. The molecule has 0 aliphatic rings. The average Bonchev–Trinajstić information content (AvgIpc) is 2.43. The highest BCUT2D eigenvalue weighted by Gasteiger charge is 2.08. The molecule has 0 fully saturated rings. The number of benzene rings is 2. The van der Waals surface area contributed by atoms with Gasteiger partial charge in [0, 0.05) is 11.3 Å². The van der Waals surface area contributed by atoms with Gasteiger partial charge in [-0.3, -0.25) is 4.79 Å². The summed E-state index contributed by atoms with van der Waals surface area (Å²) in [7, 11) is 0. The summed E-state index contributed by atoms with van der Waals surface area (Å²) >= 11 is 5.83. The van der Waals surface area contributed by atoms with Crippen molar-refractivity contribution in [3.8, 4) is 5.75 Å². The van der Waals surface area contributed by atoms with E-state index in [1.807, 2.05) is 26.0 Å². The molecule has 3 N–H and O–H groups in total. The van der Waals surface area contributed by atoms with Crippen LogP contribution in [0.4, 0.5) is 11.4 Å². The van der Waals surface area contributed by atoms with Gasteiger partial charge in [0.25, 0.3) is 5.91 Å². The Morgan fingerprint density at radius 1 is 1.19 bits per heavy atom. The van der Waals surface area contributed by atoms with E-state index in [1.165, 1.54) is 0 Å². The number of anilines is 2. The van der Waals surface area contributed by atoms with Gasteiger partial charge in [0.1, 0.15) is 5.75 Å². The highest BCUT2D eigenvalue weighted by atomic mass is 35.5. The molecule has 2 aromatic carbocycles. The minimum absolute atomic E-state index is 0.113. The molecule has 0 aliphatic heterocycles. The third kappa shape index (κ3) is 4.13. The molecule has 4 nitrogen and oxygen atoms in total. The van der Waals surface area contributed by atoms with Crippen molar-refractivity contribution >= 4 is 28.9 Å². The van der Waals surface area contributed by atoms with Gasteiger partial charge in [0.05, 0.1) is 16.8 Å². The van der Waals surface area contributed by atoms with Gasteiger partial charge >= 0.3 is 0 Å². The van der Waals surface area contributed by atoms with Crippen molar-refractivity contribution in [2.24, 2.45) is 0 Å². The first-order valence-electron chi connectivity index (χ1n) is 6.59. The minimum atomic E-state index is -0.240. The molecule has 1 amide bonds. The molecular weight excluding hydrogens is 288 g/mol. The van der Waals surface area contributed by atoms with E-state index < -0.39 is 0 Å². The van der Waals surface area contributed by atoms with Crippen molar-refractivity contribution in [2.75, 3.05) is 11.1 Å². The molecule has 0 unspecified atom stereocenters. The summed E-state index contributed by atoms with van der Waals surface area (Å²) in [5.41, 5.74) is 7.21. The van der Waals surface area contributed by atoms with Crippen LogP contribution in [0.2, 0.25) is 5.02 Å². The summed E-state index contributed by atoms with van der Waals surface area (Å²) in [5, 5.41) is 3.22. The first-order valence-corrected chi connectivity index (χ1v) is 6.96. The second-order valence-corrected chi connectivity index (χ2v) is 5.29. The lowest BCUT2D eigenvalue weighted by atomic mass is 10.2. The highest BCUT2D eigenvalue weighted by molar-refractivity contribution is 6.33. The van der Waals surface area contributed by atoms with E-state index in [1.54, 1.807) is 30.3 Å². The molecule has 0 aliphatic carbocycles. The summed E-state index contributed by atoms with van der Waals surface area (Å²) in [5.74, 6) is 0.523. The van der Waals surface area contributed by atoms with Crippen LogP contribution in [-0.2, 0) is 0 Å². The second-order valence-electron chi connectivity index (χ2n) is 4.88. The van der Waals surface area contributed by atoms with Gasteiger partial charge in [-0.2, -0.15) is 0 Å². The van der Waals surface area contributed by atoms with E-state index in [0.717, 1.165) is 5.75 Å². The minimum Gasteiger partial charge on any atom is -0.491 e. The number of amides is 1. The quantitative estimate of drug-likeness (QED) is 0.840. The maximum atomic E-state index is 12.1. The molecule has 5 heteroatoms. The van der Waals surface area contributed by atoms with Crippen LogP contribution in [0.5, 0.6) is 5.75 Å². The van der Waals surface area contributed by atoms with E-state index in [9.17, 15) is 4.79 Å². The van der Waals surface area contributed by atoms with E-state index in [4.69, 9.17) is 22.1 Å². The number of nitrogens with two attached hydrogens (primary N) is 1. The number of halogens is 1. The Morgan fingerprint density at radius 3 is 2.43 bits per heavy atom. The first-order chi connectivity index (χ1) is 9.95. The molecule has 0 heterocycles. The number of ether oxygens (including phenoxy) is 1. The van der Waals surface area contributed by atoms with Crippen LogP contribution < -0.4 is 15.8 Å². The Labute approximate surface area is 128 Å². The zero-order valence-corrected chi connectivity index (χ0v) is 12.6. The molecule has 0 bridgehead atoms. The molecule has 2 aromatic rings. The Hall–Kier alpha value is -2.20. The van der Waals surface area contributed by atoms with Crippen LogP contribution in [0.3, 0.4) is 0 Å². The first kappa shape index (κ1) is 15.2. The van der Waals surface area contributed by atoms with Gasteiger partial charge in [-0.05, 0) is 56.3 Å². The fourth-order valence-electron chi connectivity index (χ4n) is 1.78. The number of hydrogen-bond donors (Lipinski definition) is 2. The SMILES string of the molecule is CC(C)Oc1ccc(NC(=O)c2ccc(Cl)c(N)c2)cc1. The van der Waals surface area contributed by atoms with Crippen LogP contribution in [0, 0.1) is 0 Å². The maximum absolute atomic E-state index is 12.1. The summed E-state index contributed by atoms with van der Waals surface area (Å²) in [6, 6.07) is 12.0. The van der Waals surface area contributed by atoms with Gasteiger partial charge < -0.3 is 15.8 Å². The molecule has 0 radical (unpaired) electrons. The second kappa shape index (κ2) is 6.50. The topological polar surface area (TPSA) is 64.3 Å². The van der Waals surface area contributed by atoms with Gasteiger partial charge in [-0.15, -0.1) is 0 Å². The summed E-state index contributed by atoms with van der Waals surface area (Å²) in [6.07, 6.45) is 0.113. The Bertz CT molecular complexity index is 639. The van der Waals surface area contributed by atoms with E-state index >= 15 is 0 Å². The van der Waals surface area contributed by atoms with Crippen molar-refractivity contribution in [1.29, 1.82) is 0 Å². The monoisotopic (exact) mass is 304 g/mol. The summed E-state index contributed by atoms with van der Waals surface area (Å²) in [4.78, 5) is 12.1. The van der Waals surface area contributed by atoms with Crippen molar-refractivity contribution in [3.05, 3.63) is 53.1 Å². The number of hydrogen-bond acceptors (Lipinski definition) is 3. The Morgan fingerprint density at radius 2 is 1.86 bits per heavy atom. The molecule has 0 saturated carbocycles. The van der Waals surface area contributed by atoms with Crippen LogP contribution in [0.15, 0.2) is 42.5 Å². The van der Waals surface area contributed by atoms with Crippen LogP contribution in [0.25, 0.3) is 0 Å². The lowest BCUT2D eigenvalue weighted by molar-refractivity contribution is 0.102. The van der Waals surface area contributed by atoms with Crippen LogP contribution >= 0.6 is 11.6 Å². The molecule has 2 rings (SSSR count). The largest absolute Gasteiger partial charge is 0.491 e. The number of nitrogen functional groups attached to an aromatic ring is 1. The Balaban J connectivity index is 2.06.